The van der Waals surface area contributed by atoms with Gasteiger partial charge >= 0.3 is 5.97 Å². The van der Waals surface area contributed by atoms with Crippen LogP contribution in [0.15, 0.2) is 12.3 Å². The third-order valence-corrected chi connectivity index (χ3v) is 3.48. The van der Waals surface area contributed by atoms with Crippen molar-refractivity contribution in [3.63, 3.8) is 0 Å². The summed E-state index contributed by atoms with van der Waals surface area (Å²) in [5, 5.41) is 0. The van der Waals surface area contributed by atoms with Crippen molar-refractivity contribution >= 4 is 5.97 Å². The maximum atomic E-state index is 11.6. The van der Waals surface area contributed by atoms with Crippen LogP contribution in [0, 0.1) is 11.8 Å². The van der Waals surface area contributed by atoms with Gasteiger partial charge in [0.1, 0.15) is 0 Å². The first-order valence-corrected chi connectivity index (χ1v) is 9.08. The Balaban J connectivity index is 0. The second kappa shape index (κ2) is 16.4. The lowest BCUT2D eigenvalue weighted by Crippen LogP contribution is -2.20. The smallest absolute Gasteiger partial charge is 0.306 e. The third-order valence-electron chi connectivity index (χ3n) is 3.48. The van der Waals surface area contributed by atoms with Crippen LogP contribution in [-0.4, -0.2) is 19.2 Å². The zero-order valence-corrected chi connectivity index (χ0v) is 15.7. The number of ether oxygens (including phenoxy) is 2. The molecule has 0 N–H and O–H groups in total. The van der Waals surface area contributed by atoms with Gasteiger partial charge in [0, 0.05) is 6.42 Å². The van der Waals surface area contributed by atoms with Gasteiger partial charge < -0.3 is 9.47 Å². The molecule has 0 aromatic carbocycles. The van der Waals surface area contributed by atoms with Crippen LogP contribution in [0.1, 0.15) is 80.1 Å². The van der Waals surface area contributed by atoms with E-state index in [4.69, 9.17) is 9.47 Å². The molecule has 2 unspecified atom stereocenters. The molecule has 1 rings (SSSR count). The summed E-state index contributed by atoms with van der Waals surface area (Å²) in [6.07, 6.45) is 5.92. The van der Waals surface area contributed by atoms with Crippen molar-refractivity contribution in [2.24, 2.45) is 11.8 Å². The molecule has 0 heterocycles. The molecule has 1 saturated carbocycles. The Hall–Kier alpha value is -0.990. The van der Waals surface area contributed by atoms with Gasteiger partial charge in [-0.25, -0.2) is 0 Å². The molecule has 1 aliphatic carbocycles. The standard InChI is InChI=1S/C15H26O3.2C2H6/c1-4-17-13(3)8-9-15(16)18-11-14-7-5-6-12(2)10-14;2*1-2/h12,14H,3-11H2,1-2H3;2*1-2H3. The highest BCUT2D eigenvalue weighted by Gasteiger charge is 2.20. The Morgan fingerprint density at radius 3 is 2.27 bits per heavy atom. The van der Waals surface area contributed by atoms with Gasteiger partial charge in [-0.15, -0.1) is 0 Å². The summed E-state index contributed by atoms with van der Waals surface area (Å²) in [5.41, 5.74) is 0. The summed E-state index contributed by atoms with van der Waals surface area (Å²) < 4.78 is 10.5. The molecule has 1 aliphatic rings. The van der Waals surface area contributed by atoms with E-state index in [1.807, 2.05) is 34.6 Å². The molecule has 0 amide bonds. The highest BCUT2D eigenvalue weighted by Crippen LogP contribution is 2.28. The maximum Gasteiger partial charge on any atom is 0.306 e. The van der Waals surface area contributed by atoms with Crippen LogP contribution in [0.5, 0.6) is 0 Å². The Morgan fingerprint density at radius 1 is 1.09 bits per heavy atom. The van der Waals surface area contributed by atoms with Gasteiger partial charge in [0.05, 0.1) is 25.4 Å². The summed E-state index contributed by atoms with van der Waals surface area (Å²) in [6.45, 7) is 17.1. The van der Waals surface area contributed by atoms with Crippen molar-refractivity contribution in [1.29, 1.82) is 0 Å². The normalized spacial score (nSPS) is 19.7. The Kier molecular flexibility index (Phi) is 17.3. The van der Waals surface area contributed by atoms with Gasteiger partial charge in [-0.2, -0.15) is 0 Å². The molecule has 0 aliphatic heterocycles. The number of hydrogen-bond donors (Lipinski definition) is 0. The summed E-state index contributed by atoms with van der Waals surface area (Å²) in [6, 6.07) is 0. The molecule has 0 radical (unpaired) electrons. The van der Waals surface area contributed by atoms with E-state index in [1.54, 1.807) is 0 Å². The van der Waals surface area contributed by atoms with Gasteiger partial charge in [0.25, 0.3) is 0 Å². The SMILES string of the molecule is C=C(CCC(=O)OCC1CCCC(C)C1)OCC.CC.CC. The van der Waals surface area contributed by atoms with Crippen LogP contribution < -0.4 is 0 Å². The zero-order valence-electron chi connectivity index (χ0n) is 15.7. The van der Waals surface area contributed by atoms with Gasteiger partial charge in [0.2, 0.25) is 0 Å². The summed E-state index contributed by atoms with van der Waals surface area (Å²) in [5.74, 6) is 1.88. The van der Waals surface area contributed by atoms with Crippen LogP contribution in [0.4, 0.5) is 0 Å². The Morgan fingerprint density at radius 2 is 1.73 bits per heavy atom. The predicted octanol–water partition coefficient (Wildman–Crippen LogP) is 5.74. The van der Waals surface area contributed by atoms with Crippen LogP contribution in [0.3, 0.4) is 0 Å². The van der Waals surface area contributed by atoms with E-state index in [9.17, 15) is 4.79 Å². The number of hydrogen-bond acceptors (Lipinski definition) is 3. The quantitative estimate of drug-likeness (QED) is 0.444. The maximum absolute atomic E-state index is 11.6. The van der Waals surface area contributed by atoms with E-state index in [0.717, 1.165) is 5.92 Å². The van der Waals surface area contributed by atoms with E-state index >= 15 is 0 Å². The minimum absolute atomic E-state index is 0.130. The number of esters is 1. The average molecular weight is 315 g/mol. The molecule has 3 nitrogen and oxygen atoms in total. The van der Waals surface area contributed by atoms with Crippen molar-refractivity contribution < 1.29 is 14.3 Å². The second-order valence-corrected chi connectivity index (χ2v) is 5.29. The molecule has 0 aromatic rings. The third kappa shape index (κ3) is 12.7. The van der Waals surface area contributed by atoms with E-state index in [-0.39, 0.29) is 5.97 Å². The second-order valence-electron chi connectivity index (χ2n) is 5.29. The van der Waals surface area contributed by atoms with Crippen molar-refractivity contribution in [3.8, 4) is 0 Å². The number of allylic oxidation sites excluding steroid dienone is 1. The Labute approximate surface area is 138 Å². The number of rotatable bonds is 7. The highest BCUT2D eigenvalue weighted by molar-refractivity contribution is 5.69. The van der Waals surface area contributed by atoms with Gasteiger partial charge in [-0.3, -0.25) is 4.79 Å². The summed E-state index contributed by atoms with van der Waals surface area (Å²) in [7, 11) is 0. The fourth-order valence-corrected chi connectivity index (χ4v) is 2.51. The largest absolute Gasteiger partial charge is 0.499 e. The first-order chi connectivity index (χ1) is 10.6. The molecule has 0 bridgehead atoms. The number of carbonyl (C=O) groups excluding carboxylic acids is 1. The molecule has 3 heteroatoms. The van der Waals surface area contributed by atoms with Gasteiger partial charge in [0.15, 0.2) is 0 Å². The average Bonchev–Trinajstić information content (AvgIpc) is 2.55. The van der Waals surface area contributed by atoms with Crippen LogP contribution in [-0.2, 0) is 14.3 Å². The zero-order chi connectivity index (χ0) is 17.4. The van der Waals surface area contributed by atoms with Crippen molar-refractivity contribution in [2.45, 2.75) is 80.1 Å². The fraction of sp³-hybridized carbons (Fsp3) is 0.842. The lowest BCUT2D eigenvalue weighted by atomic mass is 9.83. The topological polar surface area (TPSA) is 35.5 Å². The Bertz CT molecular complexity index is 274. The number of carbonyl (C=O) groups is 1. The molecule has 22 heavy (non-hydrogen) atoms. The molecule has 1 fully saturated rings. The van der Waals surface area contributed by atoms with E-state index in [0.29, 0.717) is 37.7 Å². The van der Waals surface area contributed by atoms with Crippen LogP contribution >= 0.6 is 0 Å². The summed E-state index contributed by atoms with van der Waals surface area (Å²) in [4.78, 5) is 11.6. The molecular formula is C19H38O3. The van der Waals surface area contributed by atoms with Crippen molar-refractivity contribution in [2.75, 3.05) is 13.2 Å². The van der Waals surface area contributed by atoms with E-state index < -0.39 is 0 Å². The first kappa shape index (κ1) is 23.3. The van der Waals surface area contributed by atoms with Crippen molar-refractivity contribution in [1.82, 2.24) is 0 Å². The molecule has 132 valence electrons. The minimum Gasteiger partial charge on any atom is -0.499 e. The molecular weight excluding hydrogens is 276 g/mol. The van der Waals surface area contributed by atoms with Crippen LogP contribution in [0.2, 0.25) is 0 Å². The lowest BCUT2D eigenvalue weighted by Gasteiger charge is -2.26. The highest BCUT2D eigenvalue weighted by atomic mass is 16.5. The lowest BCUT2D eigenvalue weighted by molar-refractivity contribution is -0.145. The van der Waals surface area contributed by atoms with Crippen molar-refractivity contribution in [3.05, 3.63) is 12.3 Å². The monoisotopic (exact) mass is 314 g/mol. The molecule has 0 spiro atoms. The van der Waals surface area contributed by atoms with E-state index in [2.05, 4.69) is 13.5 Å². The van der Waals surface area contributed by atoms with Gasteiger partial charge in [-0.1, -0.05) is 54.0 Å². The van der Waals surface area contributed by atoms with E-state index in [1.165, 1.54) is 25.7 Å². The molecule has 0 aromatic heterocycles. The summed E-state index contributed by atoms with van der Waals surface area (Å²) >= 11 is 0. The predicted molar refractivity (Wildman–Crippen MR) is 94.8 cm³/mol. The van der Waals surface area contributed by atoms with Crippen LogP contribution in [0.25, 0.3) is 0 Å². The minimum atomic E-state index is -0.130. The molecule has 2 atom stereocenters. The molecule has 0 saturated heterocycles. The fourth-order valence-electron chi connectivity index (χ4n) is 2.51. The van der Waals surface area contributed by atoms with Gasteiger partial charge in [-0.05, 0) is 31.6 Å². The first-order valence-electron chi connectivity index (χ1n) is 9.08.